The number of nitrogens with zero attached hydrogens (tertiary/aromatic N) is 1. The fraction of sp³-hybridized carbons (Fsp3) is 0.333. The van der Waals surface area contributed by atoms with Gasteiger partial charge < -0.3 is 9.84 Å². The molecule has 0 atom stereocenters. The first-order valence-corrected chi connectivity index (χ1v) is 6.70. The smallest absolute Gasteiger partial charge is 0.243 e. The van der Waals surface area contributed by atoms with Gasteiger partial charge in [-0.05, 0) is 24.3 Å². The van der Waals surface area contributed by atoms with Crippen molar-refractivity contribution in [3.05, 3.63) is 24.3 Å². The second kappa shape index (κ2) is 6.40. The Morgan fingerprint density at radius 1 is 1.39 bits per heavy atom. The Labute approximate surface area is 107 Å². The molecule has 0 fully saturated rings. The van der Waals surface area contributed by atoms with Crippen LogP contribution in [0.4, 0.5) is 0 Å². The topological polar surface area (TPSA) is 66.8 Å². The van der Waals surface area contributed by atoms with Gasteiger partial charge in [-0.2, -0.15) is 4.31 Å². The number of benzene rings is 1. The third-order valence-corrected chi connectivity index (χ3v) is 4.02. The summed E-state index contributed by atoms with van der Waals surface area (Å²) in [6, 6.07) is 5.95. The Morgan fingerprint density at radius 3 is 2.50 bits per heavy atom. The Bertz CT molecular complexity index is 516. The van der Waals surface area contributed by atoms with Gasteiger partial charge in [-0.1, -0.05) is 5.92 Å². The van der Waals surface area contributed by atoms with E-state index in [1.54, 1.807) is 0 Å². The second-order valence-corrected chi connectivity index (χ2v) is 5.55. The molecule has 0 saturated heterocycles. The van der Waals surface area contributed by atoms with Gasteiger partial charge >= 0.3 is 0 Å². The molecule has 1 N–H and O–H groups in total. The zero-order valence-corrected chi connectivity index (χ0v) is 10.9. The van der Waals surface area contributed by atoms with E-state index in [1.807, 2.05) is 0 Å². The third-order valence-electron chi connectivity index (χ3n) is 2.21. The monoisotopic (exact) mass is 269 g/mol. The van der Waals surface area contributed by atoms with Crippen molar-refractivity contribution in [2.45, 2.75) is 4.90 Å². The van der Waals surface area contributed by atoms with Gasteiger partial charge in [0.25, 0.3) is 0 Å². The van der Waals surface area contributed by atoms with Crippen molar-refractivity contribution in [1.82, 2.24) is 4.31 Å². The van der Waals surface area contributed by atoms with Crippen LogP contribution in [0.2, 0.25) is 0 Å². The summed E-state index contributed by atoms with van der Waals surface area (Å²) in [5, 5.41) is 8.60. The fourth-order valence-electron chi connectivity index (χ4n) is 1.26. The molecular weight excluding hydrogens is 254 g/mol. The van der Waals surface area contributed by atoms with E-state index in [4.69, 9.17) is 16.3 Å². The van der Waals surface area contributed by atoms with Crippen LogP contribution in [0.3, 0.4) is 0 Å². The lowest BCUT2D eigenvalue weighted by Gasteiger charge is -2.14. The van der Waals surface area contributed by atoms with E-state index < -0.39 is 10.0 Å². The van der Waals surface area contributed by atoms with Gasteiger partial charge in [-0.25, -0.2) is 8.42 Å². The number of ether oxygens (including phenoxy) is 1. The maximum atomic E-state index is 12.0. The molecule has 5 nitrogen and oxygen atoms in total. The Balaban J connectivity index is 2.88. The predicted molar refractivity (Wildman–Crippen MR) is 67.7 cm³/mol. The van der Waals surface area contributed by atoms with Crippen molar-refractivity contribution in [2.75, 3.05) is 26.8 Å². The second-order valence-electron chi connectivity index (χ2n) is 3.51. The summed E-state index contributed by atoms with van der Waals surface area (Å²) in [5.74, 6) is 2.78. The number of aliphatic hydroxyl groups excluding tert-OH is 1. The highest BCUT2D eigenvalue weighted by Gasteiger charge is 2.19. The van der Waals surface area contributed by atoms with Crippen molar-refractivity contribution < 1.29 is 18.3 Å². The SMILES string of the molecule is C#CCN(C)S(=O)(=O)c1ccc(OCCO)cc1. The predicted octanol–water partition coefficient (Wildman–Crippen LogP) is 0.311. The number of rotatable bonds is 6. The van der Waals surface area contributed by atoms with E-state index in [0.29, 0.717) is 5.75 Å². The van der Waals surface area contributed by atoms with Crippen LogP contribution in [-0.2, 0) is 10.0 Å². The summed E-state index contributed by atoms with van der Waals surface area (Å²) < 4.78 is 30.2. The molecule has 0 aliphatic carbocycles. The van der Waals surface area contributed by atoms with Crippen molar-refractivity contribution in [2.24, 2.45) is 0 Å². The molecule has 0 heterocycles. The maximum absolute atomic E-state index is 12.0. The van der Waals surface area contributed by atoms with E-state index in [2.05, 4.69) is 5.92 Å². The maximum Gasteiger partial charge on any atom is 0.243 e. The molecule has 0 unspecified atom stereocenters. The Morgan fingerprint density at radius 2 is 2.00 bits per heavy atom. The summed E-state index contributed by atoms with van der Waals surface area (Å²) in [5.41, 5.74) is 0. The van der Waals surface area contributed by atoms with Gasteiger partial charge in [0.15, 0.2) is 0 Å². The fourth-order valence-corrected chi connectivity index (χ4v) is 2.35. The number of sulfonamides is 1. The molecule has 0 aromatic heterocycles. The normalized spacial score (nSPS) is 11.2. The molecule has 0 radical (unpaired) electrons. The Hall–Kier alpha value is -1.55. The summed E-state index contributed by atoms with van der Waals surface area (Å²) in [6.45, 7) is 0.0964. The first-order valence-electron chi connectivity index (χ1n) is 5.26. The van der Waals surface area contributed by atoms with Crippen LogP contribution in [0, 0.1) is 12.3 Å². The first kappa shape index (κ1) is 14.5. The van der Waals surface area contributed by atoms with Gasteiger partial charge in [0, 0.05) is 7.05 Å². The zero-order valence-electron chi connectivity index (χ0n) is 10.0. The molecule has 1 aromatic carbocycles. The number of hydrogen-bond acceptors (Lipinski definition) is 4. The van der Waals surface area contributed by atoms with Gasteiger partial charge in [0.1, 0.15) is 12.4 Å². The quantitative estimate of drug-likeness (QED) is 0.755. The van der Waals surface area contributed by atoms with Crippen molar-refractivity contribution in [3.8, 4) is 18.1 Å². The van der Waals surface area contributed by atoms with E-state index >= 15 is 0 Å². The van der Waals surface area contributed by atoms with E-state index in [1.165, 1.54) is 31.3 Å². The summed E-state index contributed by atoms with van der Waals surface area (Å²) >= 11 is 0. The molecular formula is C12H15NO4S. The molecule has 1 rings (SSSR count). The Kier molecular flexibility index (Phi) is 5.16. The molecule has 0 aliphatic heterocycles. The zero-order chi connectivity index (χ0) is 13.6. The molecule has 18 heavy (non-hydrogen) atoms. The molecule has 0 saturated carbocycles. The van der Waals surface area contributed by atoms with Crippen molar-refractivity contribution >= 4 is 10.0 Å². The van der Waals surface area contributed by atoms with Gasteiger partial charge in [0.05, 0.1) is 18.0 Å². The number of terminal acetylenes is 1. The minimum atomic E-state index is -3.55. The number of aliphatic hydroxyl groups is 1. The van der Waals surface area contributed by atoms with Gasteiger partial charge in [0.2, 0.25) is 10.0 Å². The van der Waals surface area contributed by atoms with Gasteiger partial charge in [-0.3, -0.25) is 0 Å². The molecule has 98 valence electrons. The van der Waals surface area contributed by atoms with Crippen LogP contribution >= 0.6 is 0 Å². The standard InChI is InChI=1S/C12H15NO4S/c1-3-8-13(2)18(15,16)12-6-4-11(5-7-12)17-10-9-14/h1,4-7,14H,8-10H2,2H3. The van der Waals surface area contributed by atoms with E-state index in [9.17, 15) is 8.42 Å². The number of hydrogen-bond donors (Lipinski definition) is 1. The summed E-state index contributed by atoms with van der Waals surface area (Å²) in [4.78, 5) is 0.150. The largest absolute Gasteiger partial charge is 0.491 e. The van der Waals surface area contributed by atoms with E-state index in [0.717, 1.165) is 4.31 Å². The molecule has 6 heteroatoms. The summed E-state index contributed by atoms with van der Waals surface area (Å²) in [7, 11) is -2.13. The summed E-state index contributed by atoms with van der Waals surface area (Å²) in [6.07, 6.45) is 5.08. The minimum absolute atomic E-state index is 0.0189. The van der Waals surface area contributed by atoms with Crippen LogP contribution in [0.15, 0.2) is 29.2 Å². The van der Waals surface area contributed by atoms with Crippen molar-refractivity contribution in [3.63, 3.8) is 0 Å². The lowest BCUT2D eigenvalue weighted by Crippen LogP contribution is -2.27. The average Bonchev–Trinajstić information content (AvgIpc) is 2.37. The first-order chi connectivity index (χ1) is 8.52. The van der Waals surface area contributed by atoms with E-state index in [-0.39, 0.29) is 24.7 Å². The average molecular weight is 269 g/mol. The molecule has 0 aliphatic rings. The van der Waals surface area contributed by atoms with Crippen LogP contribution in [0.5, 0.6) is 5.75 Å². The molecule has 0 bridgehead atoms. The van der Waals surface area contributed by atoms with Crippen LogP contribution in [0.25, 0.3) is 0 Å². The highest BCUT2D eigenvalue weighted by molar-refractivity contribution is 7.89. The van der Waals surface area contributed by atoms with Crippen LogP contribution in [-0.4, -0.2) is 44.6 Å². The lowest BCUT2D eigenvalue weighted by atomic mass is 10.3. The highest BCUT2D eigenvalue weighted by atomic mass is 32.2. The lowest BCUT2D eigenvalue weighted by molar-refractivity contribution is 0.201. The molecule has 0 amide bonds. The molecule has 1 aromatic rings. The highest BCUT2D eigenvalue weighted by Crippen LogP contribution is 2.18. The van der Waals surface area contributed by atoms with Crippen LogP contribution < -0.4 is 4.74 Å². The third kappa shape index (κ3) is 3.47. The minimum Gasteiger partial charge on any atom is -0.491 e. The van der Waals surface area contributed by atoms with Crippen LogP contribution in [0.1, 0.15) is 0 Å². The van der Waals surface area contributed by atoms with Gasteiger partial charge in [-0.15, -0.1) is 6.42 Å². The van der Waals surface area contributed by atoms with Crippen molar-refractivity contribution in [1.29, 1.82) is 0 Å². The molecule has 0 spiro atoms.